The maximum atomic E-state index is 12.6. The minimum Gasteiger partial charge on any atom is -0.459 e. The number of aromatic amines is 1. The molecule has 0 bridgehead atoms. The van der Waals surface area contributed by atoms with E-state index < -0.39 is 43.5 Å². The molecule has 8 nitrogen and oxygen atoms in total. The van der Waals surface area contributed by atoms with Crippen LogP contribution in [0.1, 0.15) is 56.3 Å². The summed E-state index contributed by atoms with van der Waals surface area (Å²) in [6.45, 7) is 14.2. The third kappa shape index (κ3) is 5.37. The fraction of sp³-hybridized carbons (Fsp3) is 0.542. The zero-order valence-corrected chi connectivity index (χ0v) is 21.4. The van der Waals surface area contributed by atoms with Crippen LogP contribution >= 0.6 is 0 Å². The number of benzene rings is 1. The Hall–Kier alpha value is -2.49. The molecule has 0 saturated carbocycles. The Balaban J connectivity index is 1.90. The lowest BCUT2D eigenvalue weighted by molar-refractivity contribution is -0.117. The van der Waals surface area contributed by atoms with Gasteiger partial charge in [0.2, 0.25) is 0 Å². The van der Waals surface area contributed by atoms with E-state index in [1.54, 1.807) is 31.2 Å². The quantitative estimate of drug-likeness (QED) is 0.505. The van der Waals surface area contributed by atoms with Gasteiger partial charge in [-0.1, -0.05) is 39.0 Å². The predicted octanol–water partition coefficient (Wildman–Crippen LogP) is 3.77. The third-order valence-corrected chi connectivity index (χ3v) is 11.2. The molecule has 1 fully saturated rings. The zero-order chi connectivity index (χ0) is 24.6. The zero-order valence-electron chi connectivity index (χ0n) is 20.4. The van der Waals surface area contributed by atoms with Crippen molar-refractivity contribution in [2.45, 2.75) is 77.1 Å². The second-order valence-corrected chi connectivity index (χ2v) is 15.2. The molecule has 0 amide bonds. The second kappa shape index (κ2) is 9.04. The summed E-state index contributed by atoms with van der Waals surface area (Å²) >= 11 is 0. The monoisotopic (exact) mass is 474 g/mol. The van der Waals surface area contributed by atoms with Crippen LogP contribution < -0.4 is 11.2 Å². The molecule has 1 aliphatic heterocycles. The molecule has 2 aromatic rings. The van der Waals surface area contributed by atoms with Crippen LogP contribution in [0.4, 0.5) is 0 Å². The molecule has 2 heterocycles. The molecule has 180 valence electrons. The predicted molar refractivity (Wildman–Crippen MR) is 128 cm³/mol. The lowest BCUT2D eigenvalue weighted by Crippen LogP contribution is -2.51. The van der Waals surface area contributed by atoms with Crippen LogP contribution in [-0.4, -0.2) is 42.1 Å². The average Bonchev–Trinajstić information content (AvgIpc) is 3.04. The number of rotatable bonds is 6. The van der Waals surface area contributed by atoms with Crippen molar-refractivity contribution in [3.05, 3.63) is 68.5 Å². The number of hydrogen-bond acceptors (Lipinski definition) is 6. The van der Waals surface area contributed by atoms with Gasteiger partial charge in [-0.3, -0.25) is 14.3 Å². The number of hydrogen-bond donors (Lipinski definition) is 1. The standard InChI is InChI=1S/C24H34N2O6Si/c1-16-14-26(22(29)25-20(16)27)19-13-18(32-33(6,7)23(2,3)4)24(5,31-19)15-30-21(28)17-11-9-8-10-12-17/h8-12,14,18-19H,13,15H2,1-7H3,(H,25,27,29)/t18-,19-,24-/m1/s1. The highest BCUT2D eigenvalue weighted by Gasteiger charge is 2.52. The molecular formula is C24H34N2O6Si. The van der Waals surface area contributed by atoms with Crippen LogP contribution in [0.25, 0.3) is 0 Å². The fourth-order valence-corrected chi connectivity index (χ4v) is 4.95. The van der Waals surface area contributed by atoms with Crippen molar-refractivity contribution in [3.63, 3.8) is 0 Å². The maximum Gasteiger partial charge on any atom is 0.338 e. The summed E-state index contributed by atoms with van der Waals surface area (Å²) in [6, 6.07) is 8.75. The van der Waals surface area contributed by atoms with E-state index in [-0.39, 0.29) is 11.6 Å². The average molecular weight is 475 g/mol. The van der Waals surface area contributed by atoms with E-state index in [2.05, 4.69) is 38.8 Å². The third-order valence-electron chi connectivity index (χ3n) is 6.70. The van der Waals surface area contributed by atoms with Crippen LogP contribution in [0, 0.1) is 6.92 Å². The molecule has 1 saturated heterocycles. The molecule has 1 aromatic heterocycles. The molecule has 0 radical (unpaired) electrons. The van der Waals surface area contributed by atoms with Gasteiger partial charge in [-0.25, -0.2) is 9.59 Å². The molecule has 33 heavy (non-hydrogen) atoms. The minimum absolute atomic E-state index is 0.0341. The smallest absolute Gasteiger partial charge is 0.338 e. The Morgan fingerprint density at radius 2 is 1.88 bits per heavy atom. The number of esters is 1. The van der Waals surface area contributed by atoms with E-state index in [1.807, 2.05) is 13.0 Å². The van der Waals surface area contributed by atoms with Gasteiger partial charge >= 0.3 is 11.7 Å². The van der Waals surface area contributed by atoms with Crippen molar-refractivity contribution in [3.8, 4) is 0 Å². The molecule has 3 rings (SSSR count). The number of nitrogens with one attached hydrogen (secondary N) is 1. The van der Waals surface area contributed by atoms with Crippen molar-refractivity contribution < 1.29 is 18.7 Å². The van der Waals surface area contributed by atoms with E-state index in [1.165, 1.54) is 10.8 Å². The molecular weight excluding hydrogens is 440 g/mol. The van der Waals surface area contributed by atoms with E-state index in [9.17, 15) is 14.4 Å². The summed E-state index contributed by atoms with van der Waals surface area (Å²) in [5, 5.41) is -0.0435. The Kier molecular flexibility index (Phi) is 6.88. The molecule has 1 aromatic carbocycles. The highest BCUT2D eigenvalue weighted by Crippen LogP contribution is 2.44. The van der Waals surface area contributed by atoms with E-state index in [4.69, 9.17) is 13.9 Å². The van der Waals surface area contributed by atoms with Crippen molar-refractivity contribution in [2.75, 3.05) is 6.61 Å². The molecule has 9 heteroatoms. The summed E-state index contributed by atoms with van der Waals surface area (Å²) in [7, 11) is -2.21. The number of aryl methyl sites for hydroxylation is 1. The molecule has 1 N–H and O–H groups in total. The Morgan fingerprint density at radius 3 is 2.48 bits per heavy atom. The van der Waals surface area contributed by atoms with Gasteiger partial charge in [-0.2, -0.15) is 0 Å². The molecule has 0 spiro atoms. The maximum absolute atomic E-state index is 12.6. The molecule has 1 aliphatic rings. The van der Waals surface area contributed by atoms with Gasteiger partial charge in [-0.05, 0) is 44.1 Å². The van der Waals surface area contributed by atoms with Gasteiger partial charge in [0.1, 0.15) is 18.4 Å². The number of carbonyl (C=O) groups excluding carboxylic acids is 1. The Morgan fingerprint density at radius 1 is 1.24 bits per heavy atom. The Labute approximate surface area is 195 Å². The van der Waals surface area contributed by atoms with Crippen molar-refractivity contribution in [2.24, 2.45) is 0 Å². The van der Waals surface area contributed by atoms with Gasteiger partial charge in [-0.15, -0.1) is 0 Å². The molecule has 0 unspecified atom stereocenters. The van der Waals surface area contributed by atoms with Gasteiger partial charge in [0.15, 0.2) is 8.32 Å². The highest BCUT2D eigenvalue weighted by atomic mass is 28.4. The summed E-state index contributed by atoms with van der Waals surface area (Å²) < 4.78 is 20.0. The SMILES string of the molecule is Cc1cn([C@H]2C[C@@H](O[Si](C)(C)C(C)(C)C)[C@@](C)(COC(=O)c3ccccc3)O2)c(=O)[nH]c1=O. The first-order valence-electron chi connectivity index (χ1n) is 11.1. The fourth-order valence-electron chi connectivity index (χ4n) is 3.54. The van der Waals surface area contributed by atoms with Crippen LogP contribution in [-0.2, 0) is 13.9 Å². The first-order chi connectivity index (χ1) is 15.2. The van der Waals surface area contributed by atoms with Crippen LogP contribution in [0.15, 0.2) is 46.1 Å². The van der Waals surface area contributed by atoms with E-state index >= 15 is 0 Å². The Bertz CT molecular complexity index is 1120. The van der Waals surface area contributed by atoms with Crippen LogP contribution in [0.3, 0.4) is 0 Å². The first-order valence-corrected chi connectivity index (χ1v) is 14.0. The normalized spacial score (nSPS) is 23.5. The van der Waals surface area contributed by atoms with Gasteiger partial charge in [0, 0.05) is 18.2 Å². The topological polar surface area (TPSA) is 99.6 Å². The van der Waals surface area contributed by atoms with Gasteiger partial charge in [0.25, 0.3) is 5.56 Å². The summed E-state index contributed by atoms with van der Waals surface area (Å²) in [5.41, 5.74) is -1.10. The van der Waals surface area contributed by atoms with Crippen molar-refractivity contribution in [1.82, 2.24) is 9.55 Å². The van der Waals surface area contributed by atoms with Crippen molar-refractivity contribution in [1.29, 1.82) is 0 Å². The highest BCUT2D eigenvalue weighted by molar-refractivity contribution is 6.74. The lowest BCUT2D eigenvalue weighted by atomic mass is 10.0. The number of aromatic nitrogens is 2. The molecule has 0 aliphatic carbocycles. The van der Waals surface area contributed by atoms with Crippen LogP contribution in [0.2, 0.25) is 18.1 Å². The first kappa shape index (κ1) is 25.1. The van der Waals surface area contributed by atoms with E-state index in [0.29, 0.717) is 17.5 Å². The summed E-state index contributed by atoms with van der Waals surface area (Å²) in [5.74, 6) is -0.452. The van der Waals surface area contributed by atoms with Gasteiger partial charge < -0.3 is 13.9 Å². The number of ether oxygens (including phenoxy) is 2. The number of H-pyrrole nitrogens is 1. The van der Waals surface area contributed by atoms with Crippen LogP contribution in [0.5, 0.6) is 0 Å². The largest absolute Gasteiger partial charge is 0.459 e. The number of carbonyl (C=O) groups is 1. The van der Waals surface area contributed by atoms with E-state index in [0.717, 1.165) is 0 Å². The number of nitrogens with zero attached hydrogens (tertiary/aromatic N) is 1. The minimum atomic E-state index is -2.21. The van der Waals surface area contributed by atoms with Gasteiger partial charge in [0.05, 0.1) is 11.7 Å². The summed E-state index contributed by atoms with van der Waals surface area (Å²) in [6.07, 6.45) is 0.808. The summed E-state index contributed by atoms with van der Waals surface area (Å²) in [4.78, 5) is 39.2. The second-order valence-electron chi connectivity index (χ2n) is 10.4. The van der Waals surface area contributed by atoms with Crippen molar-refractivity contribution >= 4 is 14.3 Å². The molecule has 3 atom stereocenters. The lowest BCUT2D eigenvalue weighted by Gasteiger charge is -2.41.